The maximum Gasteiger partial charge on any atom is 0.188 e. The zero-order chi connectivity index (χ0) is 16.3. The Hall–Kier alpha value is -1.23. The van der Waals surface area contributed by atoms with E-state index in [1.165, 1.54) is 5.56 Å². The molecular weight excluding hydrogens is 308 g/mol. The normalized spacial score (nSPS) is 29.7. The Morgan fingerprint density at radius 3 is 2.70 bits per heavy atom. The van der Waals surface area contributed by atoms with Crippen molar-refractivity contribution in [2.45, 2.75) is 43.8 Å². The highest BCUT2D eigenvalue weighted by Crippen LogP contribution is 2.35. The van der Waals surface area contributed by atoms with Gasteiger partial charge in [-0.05, 0) is 49.6 Å². The van der Waals surface area contributed by atoms with Crippen LogP contribution in [0.4, 0.5) is 0 Å². The van der Waals surface area contributed by atoms with Crippen molar-refractivity contribution in [3.8, 4) is 0 Å². The highest BCUT2D eigenvalue weighted by atomic mass is 32.2. The molecule has 2 aliphatic heterocycles. The van der Waals surface area contributed by atoms with Crippen molar-refractivity contribution in [1.82, 2.24) is 0 Å². The Bertz CT molecular complexity index is 625. The van der Waals surface area contributed by atoms with Crippen LogP contribution in [0.15, 0.2) is 52.3 Å². The van der Waals surface area contributed by atoms with Crippen molar-refractivity contribution >= 4 is 10.8 Å². The molecule has 0 N–H and O–H groups in total. The minimum atomic E-state index is -1.13. The van der Waals surface area contributed by atoms with Gasteiger partial charge in [-0.25, -0.2) is 4.21 Å². The Balaban J connectivity index is 1.76. The lowest BCUT2D eigenvalue weighted by Gasteiger charge is -2.39. The first kappa shape index (κ1) is 16.6. The van der Waals surface area contributed by atoms with E-state index in [0.717, 1.165) is 36.3 Å². The largest absolute Gasteiger partial charge is 0.346 e. The number of ether oxygens (including phenoxy) is 2. The fourth-order valence-corrected chi connectivity index (χ4v) is 3.76. The third-order valence-corrected chi connectivity index (χ3v) is 5.56. The van der Waals surface area contributed by atoms with Crippen molar-refractivity contribution < 1.29 is 13.7 Å². The fourth-order valence-electron chi connectivity index (χ4n) is 2.92. The van der Waals surface area contributed by atoms with E-state index in [0.29, 0.717) is 6.61 Å². The number of hydrogen-bond donors (Lipinski definition) is 0. The van der Waals surface area contributed by atoms with Crippen LogP contribution < -0.4 is 0 Å². The Kier molecular flexibility index (Phi) is 5.14. The van der Waals surface area contributed by atoms with E-state index < -0.39 is 16.6 Å². The molecule has 4 heteroatoms. The summed E-state index contributed by atoms with van der Waals surface area (Å²) in [5.41, 5.74) is 2.32. The van der Waals surface area contributed by atoms with Crippen molar-refractivity contribution in [3.05, 3.63) is 53.0 Å². The Labute approximate surface area is 140 Å². The summed E-state index contributed by atoms with van der Waals surface area (Å²) in [5.74, 6) is -0.270. The predicted octanol–water partition coefficient (Wildman–Crippen LogP) is 4.11. The van der Waals surface area contributed by atoms with E-state index in [2.05, 4.69) is 13.0 Å². The standard InChI is InChI=1S/C19H24O3S/c1-15-5-7-18(8-6-15)23(20)12-9-17-13-19(22-14-16(17)2)10-3-4-11-21-19/h5-9,12-13,16H,3-4,10-11,14H2,1-2H3/b12-9-/t16-,19+,23?/m0/s1. The molecular formula is C19H24O3S. The van der Waals surface area contributed by atoms with Gasteiger partial charge in [0.2, 0.25) is 0 Å². The number of rotatable bonds is 3. The van der Waals surface area contributed by atoms with E-state index in [4.69, 9.17) is 9.47 Å². The second-order valence-corrected chi connectivity index (χ2v) is 7.73. The molecule has 2 aliphatic rings. The smallest absolute Gasteiger partial charge is 0.188 e. The minimum absolute atomic E-state index is 0.289. The summed E-state index contributed by atoms with van der Waals surface area (Å²) in [5, 5.41) is 1.77. The molecule has 1 unspecified atom stereocenters. The first-order valence-corrected chi connectivity index (χ1v) is 9.45. The SMILES string of the molecule is Cc1ccc(S(=O)/C=C\C2=C[C@@]3(CCCCO3)OC[C@@H]2C)cc1. The van der Waals surface area contributed by atoms with Crippen LogP contribution in [-0.4, -0.2) is 23.2 Å². The summed E-state index contributed by atoms with van der Waals surface area (Å²) in [6.07, 6.45) is 7.18. The number of allylic oxidation sites excluding steroid dienone is 1. The van der Waals surface area contributed by atoms with Crippen LogP contribution in [0.2, 0.25) is 0 Å². The van der Waals surface area contributed by atoms with Gasteiger partial charge in [0.15, 0.2) is 5.79 Å². The van der Waals surface area contributed by atoms with Gasteiger partial charge in [-0.3, -0.25) is 0 Å². The molecule has 1 aromatic rings. The average molecular weight is 332 g/mol. The molecule has 0 saturated carbocycles. The molecule has 0 aliphatic carbocycles. The van der Waals surface area contributed by atoms with Crippen LogP contribution in [0.25, 0.3) is 0 Å². The summed E-state index contributed by atoms with van der Waals surface area (Å²) in [4.78, 5) is 0.829. The lowest BCUT2D eigenvalue weighted by Crippen LogP contribution is -2.41. The topological polar surface area (TPSA) is 35.5 Å². The van der Waals surface area contributed by atoms with Crippen LogP contribution in [-0.2, 0) is 20.3 Å². The van der Waals surface area contributed by atoms with E-state index in [1.54, 1.807) is 5.41 Å². The second-order valence-electron chi connectivity index (χ2n) is 6.39. The van der Waals surface area contributed by atoms with Crippen LogP contribution in [0.1, 0.15) is 31.7 Å². The maximum atomic E-state index is 12.4. The third kappa shape index (κ3) is 4.00. The molecule has 3 atom stereocenters. The number of benzene rings is 1. The fraction of sp³-hybridized carbons (Fsp3) is 0.474. The van der Waals surface area contributed by atoms with Crippen molar-refractivity contribution in [2.24, 2.45) is 5.92 Å². The first-order chi connectivity index (χ1) is 11.1. The van der Waals surface area contributed by atoms with Gasteiger partial charge >= 0.3 is 0 Å². The highest BCUT2D eigenvalue weighted by molar-refractivity contribution is 7.88. The van der Waals surface area contributed by atoms with E-state index in [1.807, 2.05) is 37.3 Å². The van der Waals surface area contributed by atoms with Gasteiger partial charge in [-0.15, -0.1) is 0 Å². The zero-order valence-electron chi connectivity index (χ0n) is 13.8. The monoisotopic (exact) mass is 332 g/mol. The zero-order valence-corrected chi connectivity index (χ0v) is 14.6. The quantitative estimate of drug-likeness (QED) is 0.836. The van der Waals surface area contributed by atoms with Gasteiger partial charge in [0, 0.05) is 22.6 Å². The molecule has 23 heavy (non-hydrogen) atoms. The molecule has 1 aromatic carbocycles. The Morgan fingerprint density at radius 2 is 2.00 bits per heavy atom. The molecule has 0 aromatic heterocycles. The van der Waals surface area contributed by atoms with E-state index in [-0.39, 0.29) is 5.92 Å². The van der Waals surface area contributed by atoms with Gasteiger partial charge in [0.05, 0.1) is 24.0 Å². The van der Waals surface area contributed by atoms with Crippen LogP contribution >= 0.6 is 0 Å². The van der Waals surface area contributed by atoms with Crippen LogP contribution in [0.5, 0.6) is 0 Å². The van der Waals surface area contributed by atoms with E-state index in [9.17, 15) is 4.21 Å². The molecule has 1 spiro atoms. The molecule has 3 nitrogen and oxygen atoms in total. The molecule has 2 heterocycles. The molecule has 124 valence electrons. The molecule has 0 radical (unpaired) electrons. The Morgan fingerprint density at radius 1 is 1.22 bits per heavy atom. The summed E-state index contributed by atoms with van der Waals surface area (Å²) < 4.78 is 24.2. The number of aryl methyl sites for hydroxylation is 1. The summed E-state index contributed by atoms with van der Waals surface area (Å²) in [6, 6.07) is 7.82. The van der Waals surface area contributed by atoms with E-state index >= 15 is 0 Å². The van der Waals surface area contributed by atoms with Gasteiger partial charge in [0.25, 0.3) is 0 Å². The van der Waals surface area contributed by atoms with Crippen molar-refractivity contribution in [1.29, 1.82) is 0 Å². The van der Waals surface area contributed by atoms with Gasteiger partial charge in [-0.2, -0.15) is 0 Å². The lowest BCUT2D eigenvalue weighted by molar-refractivity contribution is -0.232. The molecule has 0 amide bonds. The minimum Gasteiger partial charge on any atom is -0.346 e. The lowest BCUT2D eigenvalue weighted by atomic mass is 9.93. The average Bonchev–Trinajstić information content (AvgIpc) is 2.57. The van der Waals surface area contributed by atoms with Gasteiger partial charge in [-0.1, -0.05) is 24.6 Å². The maximum absolute atomic E-state index is 12.4. The third-order valence-electron chi connectivity index (χ3n) is 4.44. The highest BCUT2D eigenvalue weighted by Gasteiger charge is 2.36. The molecule has 3 rings (SSSR count). The predicted molar refractivity (Wildman–Crippen MR) is 92.5 cm³/mol. The summed E-state index contributed by atoms with van der Waals surface area (Å²) in [6.45, 7) is 5.55. The van der Waals surface area contributed by atoms with Crippen molar-refractivity contribution in [3.63, 3.8) is 0 Å². The molecule has 1 fully saturated rings. The second kappa shape index (κ2) is 7.12. The number of hydrogen-bond acceptors (Lipinski definition) is 3. The van der Waals surface area contributed by atoms with Crippen molar-refractivity contribution in [2.75, 3.05) is 13.2 Å². The first-order valence-electron chi connectivity index (χ1n) is 8.24. The van der Waals surface area contributed by atoms with Crippen LogP contribution in [0, 0.1) is 12.8 Å². The van der Waals surface area contributed by atoms with Crippen LogP contribution in [0.3, 0.4) is 0 Å². The molecule has 0 bridgehead atoms. The van der Waals surface area contributed by atoms with Gasteiger partial charge < -0.3 is 9.47 Å². The molecule has 1 saturated heterocycles. The summed E-state index contributed by atoms with van der Waals surface area (Å²) >= 11 is 0. The summed E-state index contributed by atoms with van der Waals surface area (Å²) in [7, 11) is -1.13. The van der Waals surface area contributed by atoms with Gasteiger partial charge in [0.1, 0.15) is 0 Å².